The van der Waals surface area contributed by atoms with Crippen LogP contribution in [0.5, 0.6) is 11.5 Å². The molecule has 2 aromatic carbocycles. The lowest BCUT2D eigenvalue weighted by Crippen LogP contribution is -2.00. The minimum absolute atomic E-state index is 0.286. The molecule has 0 saturated carbocycles. The van der Waals surface area contributed by atoms with Crippen molar-refractivity contribution < 1.29 is 9.47 Å². The van der Waals surface area contributed by atoms with E-state index in [-0.39, 0.29) is 5.92 Å². The fraction of sp³-hybridized carbons (Fsp3) is 0.211. The molecule has 1 atom stereocenters. The number of fused-ring (bicyclic) bond motifs is 3. The van der Waals surface area contributed by atoms with E-state index in [0.29, 0.717) is 0 Å². The number of aromatic amines is 1. The molecule has 5 nitrogen and oxygen atoms in total. The lowest BCUT2D eigenvalue weighted by Gasteiger charge is -2.13. The van der Waals surface area contributed by atoms with Crippen molar-refractivity contribution in [1.82, 2.24) is 10.2 Å². The van der Waals surface area contributed by atoms with Gasteiger partial charge in [0.1, 0.15) is 11.5 Å². The maximum absolute atomic E-state index is 5.45. The lowest BCUT2D eigenvalue weighted by atomic mass is 10.00. The van der Waals surface area contributed by atoms with Gasteiger partial charge in [-0.15, -0.1) is 0 Å². The summed E-state index contributed by atoms with van der Waals surface area (Å²) in [6, 6.07) is 14.1. The highest BCUT2D eigenvalue weighted by Gasteiger charge is 2.30. The van der Waals surface area contributed by atoms with Gasteiger partial charge in [0, 0.05) is 23.1 Å². The molecular formula is C19H19N3O2. The van der Waals surface area contributed by atoms with E-state index < -0.39 is 0 Å². The van der Waals surface area contributed by atoms with Crippen LogP contribution in [0.2, 0.25) is 0 Å². The van der Waals surface area contributed by atoms with E-state index in [4.69, 9.17) is 9.47 Å². The van der Waals surface area contributed by atoms with Crippen molar-refractivity contribution in [1.29, 1.82) is 0 Å². The van der Waals surface area contributed by atoms with E-state index in [9.17, 15) is 0 Å². The van der Waals surface area contributed by atoms with Gasteiger partial charge < -0.3 is 14.8 Å². The highest BCUT2D eigenvalue weighted by atomic mass is 16.5. The monoisotopic (exact) mass is 321 g/mol. The quantitative estimate of drug-likeness (QED) is 0.752. The van der Waals surface area contributed by atoms with Gasteiger partial charge in [-0.1, -0.05) is 31.2 Å². The van der Waals surface area contributed by atoms with Gasteiger partial charge in [-0.3, -0.25) is 5.10 Å². The molecule has 1 aliphatic rings. The number of hydrogen-bond donors (Lipinski definition) is 2. The van der Waals surface area contributed by atoms with Crippen LogP contribution in [0.3, 0.4) is 0 Å². The van der Waals surface area contributed by atoms with E-state index in [1.165, 1.54) is 16.7 Å². The van der Waals surface area contributed by atoms with Crippen molar-refractivity contribution in [2.45, 2.75) is 12.8 Å². The Kier molecular flexibility index (Phi) is 3.41. The third-order valence-electron chi connectivity index (χ3n) is 4.59. The van der Waals surface area contributed by atoms with E-state index >= 15 is 0 Å². The van der Waals surface area contributed by atoms with Crippen molar-refractivity contribution in [2.75, 3.05) is 19.5 Å². The van der Waals surface area contributed by atoms with Gasteiger partial charge in [-0.25, -0.2) is 0 Å². The normalized spacial score (nSPS) is 14.9. The van der Waals surface area contributed by atoms with E-state index in [1.54, 1.807) is 14.2 Å². The minimum atomic E-state index is 0.286. The van der Waals surface area contributed by atoms with Crippen molar-refractivity contribution in [3.05, 3.63) is 53.6 Å². The van der Waals surface area contributed by atoms with Crippen LogP contribution in [0.1, 0.15) is 24.0 Å². The maximum Gasteiger partial charge on any atom is 0.156 e. The van der Waals surface area contributed by atoms with Gasteiger partial charge in [0.25, 0.3) is 0 Å². The zero-order chi connectivity index (χ0) is 16.7. The highest BCUT2D eigenvalue weighted by molar-refractivity contribution is 5.82. The Bertz CT molecular complexity index is 901. The predicted octanol–water partition coefficient (Wildman–Crippen LogP) is 4.30. The summed E-state index contributed by atoms with van der Waals surface area (Å²) in [5.41, 5.74) is 5.64. The number of nitrogens with zero attached hydrogens (tertiary/aromatic N) is 1. The van der Waals surface area contributed by atoms with Gasteiger partial charge in [-0.2, -0.15) is 5.10 Å². The lowest BCUT2D eigenvalue weighted by molar-refractivity contribution is 0.405. The number of nitrogens with one attached hydrogen (secondary N) is 2. The molecule has 24 heavy (non-hydrogen) atoms. The summed E-state index contributed by atoms with van der Waals surface area (Å²) in [6.45, 7) is 2.20. The molecule has 4 rings (SSSR count). The zero-order valence-electron chi connectivity index (χ0n) is 13.9. The van der Waals surface area contributed by atoms with Crippen LogP contribution < -0.4 is 14.8 Å². The van der Waals surface area contributed by atoms with Crippen molar-refractivity contribution >= 4 is 11.5 Å². The predicted molar refractivity (Wildman–Crippen MR) is 94.4 cm³/mol. The van der Waals surface area contributed by atoms with Crippen LogP contribution >= 0.6 is 0 Å². The second-order valence-electron chi connectivity index (χ2n) is 5.86. The number of ether oxygens (including phenoxy) is 2. The van der Waals surface area contributed by atoms with Gasteiger partial charge >= 0.3 is 0 Å². The highest BCUT2D eigenvalue weighted by Crippen LogP contribution is 2.47. The van der Waals surface area contributed by atoms with Gasteiger partial charge in [0.05, 0.1) is 25.6 Å². The molecule has 122 valence electrons. The molecule has 0 spiro atoms. The van der Waals surface area contributed by atoms with Crippen LogP contribution in [0.4, 0.5) is 11.5 Å². The summed E-state index contributed by atoms with van der Waals surface area (Å²) in [5, 5.41) is 11.1. The van der Waals surface area contributed by atoms with E-state index in [0.717, 1.165) is 28.7 Å². The first-order valence-corrected chi connectivity index (χ1v) is 7.89. The molecule has 1 aliphatic carbocycles. The second kappa shape index (κ2) is 5.60. The minimum Gasteiger partial charge on any atom is -0.497 e. The molecule has 5 heteroatoms. The summed E-state index contributed by atoms with van der Waals surface area (Å²) in [4.78, 5) is 0. The first-order chi connectivity index (χ1) is 11.7. The van der Waals surface area contributed by atoms with Crippen molar-refractivity contribution in [3.8, 4) is 22.8 Å². The number of rotatable bonds is 4. The Balaban J connectivity index is 1.75. The Hall–Kier alpha value is -2.95. The van der Waals surface area contributed by atoms with Crippen LogP contribution in [-0.4, -0.2) is 24.4 Å². The Morgan fingerprint density at radius 3 is 2.71 bits per heavy atom. The maximum atomic E-state index is 5.45. The average Bonchev–Trinajstić information content (AvgIpc) is 3.15. The summed E-state index contributed by atoms with van der Waals surface area (Å²) in [7, 11) is 3.30. The molecule has 3 aromatic rings. The number of hydrogen-bond acceptors (Lipinski definition) is 4. The summed E-state index contributed by atoms with van der Waals surface area (Å²) < 4.78 is 10.8. The molecule has 0 saturated heterocycles. The molecule has 0 fully saturated rings. The van der Waals surface area contributed by atoms with E-state index in [1.807, 2.05) is 18.2 Å². The molecule has 0 amide bonds. The summed E-state index contributed by atoms with van der Waals surface area (Å²) >= 11 is 0. The molecular weight excluding hydrogens is 302 g/mol. The molecule has 0 bridgehead atoms. The SMILES string of the molecule is COc1ccc(OC)c(Nc2n[nH]c3c2C(C)c2ccccc2-3)c1. The van der Waals surface area contributed by atoms with E-state index in [2.05, 4.69) is 46.7 Å². The van der Waals surface area contributed by atoms with Gasteiger partial charge in [0.2, 0.25) is 0 Å². The molecule has 0 aliphatic heterocycles. The van der Waals surface area contributed by atoms with Crippen molar-refractivity contribution in [2.24, 2.45) is 0 Å². The standard InChI is InChI=1S/C19H19N3O2/c1-11-13-6-4-5-7-14(13)18-17(11)19(22-21-18)20-15-10-12(23-2)8-9-16(15)24-3/h4-11H,1-3H3,(H2,20,21,22). The number of H-pyrrole nitrogens is 1. The Morgan fingerprint density at radius 2 is 1.92 bits per heavy atom. The van der Waals surface area contributed by atoms with Crippen LogP contribution in [0, 0.1) is 0 Å². The van der Waals surface area contributed by atoms with Crippen LogP contribution in [0.25, 0.3) is 11.3 Å². The number of methoxy groups -OCH3 is 2. The first kappa shape index (κ1) is 14.6. The first-order valence-electron chi connectivity index (χ1n) is 7.89. The van der Waals surface area contributed by atoms with Crippen LogP contribution in [0.15, 0.2) is 42.5 Å². The number of benzene rings is 2. The smallest absolute Gasteiger partial charge is 0.156 e. The van der Waals surface area contributed by atoms with Crippen molar-refractivity contribution in [3.63, 3.8) is 0 Å². The van der Waals surface area contributed by atoms with Gasteiger partial charge in [-0.05, 0) is 17.7 Å². The zero-order valence-corrected chi connectivity index (χ0v) is 13.9. The third kappa shape index (κ3) is 2.12. The number of anilines is 2. The Labute approximate surface area is 140 Å². The summed E-state index contributed by atoms with van der Waals surface area (Å²) in [6.07, 6.45) is 0. The molecule has 1 heterocycles. The third-order valence-corrected chi connectivity index (χ3v) is 4.59. The Morgan fingerprint density at radius 1 is 1.08 bits per heavy atom. The fourth-order valence-electron chi connectivity index (χ4n) is 3.37. The topological polar surface area (TPSA) is 59.2 Å². The largest absolute Gasteiger partial charge is 0.497 e. The number of aromatic nitrogens is 2. The van der Waals surface area contributed by atoms with Crippen LogP contribution in [-0.2, 0) is 0 Å². The molecule has 2 N–H and O–H groups in total. The molecule has 1 unspecified atom stereocenters. The van der Waals surface area contributed by atoms with Gasteiger partial charge in [0.15, 0.2) is 5.82 Å². The summed E-state index contributed by atoms with van der Waals surface area (Å²) in [5.74, 6) is 2.62. The second-order valence-corrected chi connectivity index (χ2v) is 5.86. The fourth-order valence-corrected chi connectivity index (χ4v) is 3.37. The molecule has 0 radical (unpaired) electrons. The average molecular weight is 321 g/mol. The molecule has 1 aromatic heterocycles.